The molecular weight excluding hydrogens is 354 g/mol. The van der Waals surface area contributed by atoms with Crippen LogP contribution < -0.4 is 16.2 Å². The van der Waals surface area contributed by atoms with E-state index in [1.54, 1.807) is 12.4 Å². The van der Waals surface area contributed by atoms with Crippen LogP contribution in [0.25, 0.3) is 16.9 Å². The number of H-pyrrole nitrogens is 1. The number of hydrogen-bond donors (Lipinski definition) is 3. The highest BCUT2D eigenvalue weighted by molar-refractivity contribution is 5.90. The van der Waals surface area contributed by atoms with E-state index in [9.17, 15) is 9.59 Å². The molecule has 0 aliphatic heterocycles. The van der Waals surface area contributed by atoms with E-state index in [0.717, 1.165) is 28.1 Å². The van der Waals surface area contributed by atoms with Crippen molar-refractivity contribution in [2.75, 3.05) is 5.32 Å². The molecule has 2 heterocycles. The number of carbonyl (C=O) groups is 1. The Kier molecular flexibility index (Phi) is 3.72. The quantitative estimate of drug-likeness (QED) is 0.455. The fraction of sp³-hybridized carbons (Fsp3) is 0.0952. The van der Waals surface area contributed by atoms with Crippen molar-refractivity contribution in [1.82, 2.24) is 19.7 Å². The molecule has 0 radical (unpaired) electrons. The normalized spacial score (nSPS) is 11.9. The van der Waals surface area contributed by atoms with Gasteiger partial charge in [-0.15, -0.1) is 0 Å². The van der Waals surface area contributed by atoms with Gasteiger partial charge in [-0.1, -0.05) is 36.4 Å². The average molecular weight is 371 g/mol. The first-order valence-electron chi connectivity index (χ1n) is 8.99. The van der Waals surface area contributed by atoms with E-state index >= 15 is 0 Å². The SMILES string of the molecule is O=C(NCc1ccccc1)Nc1ccc2c(c1)Cc1c-2[nH]c(=O)c2nccn12. The number of benzene rings is 2. The minimum absolute atomic E-state index is 0.209. The second kappa shape index (κ2) is 6.38. The van der Waals surface area contributed by atoms with E-state index in [-0.39, 0.29) is 11.6 Å². The highest BCUT2D eigenvalue weighted by Gasteiger charge is 2.23. The Morgan fingerprint density at radius 2 is 2.04 bits per heavy atom. The van der Waals surface area contributed by atoms with E-state index in [4.69, 9.17) is 0 Å². The first kappa shape index (κ1) is 16.3. The standard InChI is InChI=1S/C21H17N5O2/c27-20-19-22-8-9-26(19)17-11-14-10-15(6-7-16(14)18(17)25-20)24-21(28)23-12-13-4-2-1-3-5-13/h1-10H,11-12H2,(H,25,27)(H2,23,24,28). The second-order valence-electron chi connectivity index (χ2n) is 6.74. The molecule has 0 bridgehead atoms. The molecule has 0 spiro atoms. The summed E-state index contributed by atoms with van der Waals surface area (Å²) >= 11 is 0. The summed E-state index contributed by atoms with van der Waals surface area (Å²) in [6, 6.07) is 15.2. The molecule has 0 saturated heterocycles. The molecule has 0 fully saturated rings. The number of imidazole rings is 1. The van der Waals surface area contributed by atoms with Crippen LogP contribution in [0.1, 0.15) is 16.8 Å². The van der Waals surface area contributed by atoms with Crippen LogP contribution in [0.2, 0.25) is 0 Å². The predicted molar refractivity (Wildman–Crippen MR) is 106 cm³/mol. The smallest absolute Gasteiger partial charge is 0.319 e. The van der Waals surface area contributed by atoms with Gasteiger partial charge in [0.25, 0.3) is 5.56 Å². The summed E-state index contributed by atoms with van der Waals surface area (Å²) < 4.78 is 1.83. The maximum atomic E-state index is 12.2. The number of nitrogens with one attached hydrogen (secondary N) is 3. The third kappa shape index (κ3) is 2.73. The summed E-state index contributed by atoms with van der Waals surface area (Å²) in [5.41, 5.74) is 5.75. The first-order valence-corrected chi connectivity index (χ1v) is 8.99. The summed E-state index contributed by atoms with van der Waals surface area (Å²) in [7, 11) is 0. The molecule has 1 aliphatic carbocycles. The summed E-state index contributed by atoms with van der Waals surface area (Å²) in [4.78, 5) is 31.5. The fourth-order valence-electron chi connectivity index (χ4n) is 3.64. The summed E-state index contributed by atoms with van der Waals surface area (Å²) in [6.07, 6.45) is 4.08. The van der Waals surface area contributed by atoms with Gasteiger partial charge in [0, 0.05) is 36.6 Å². The van der Waals surface area contributed by atoms with Gasteiger partial charge >= 0.3 is 6.03 Å². The Labute approximate surface area is 160 Å². The monoisotopic (exact) mass is 371 g/mol. The maximum Gasteiger partial charge on any atom is 0.319 e. The van der Waals surface area contributed by atoms with Crippen molar-refractivity contribution in [2.24, 2.45) is 0 Å². The lowest BCUT2D eigenvalue weighted by atomic mass is 10.1. The molecule has 4 aromatic rings. The Morgan fingerprint density at radius 3 is 2.89 bits per heavy atom. The third-order valence-electron chi connectivity index (χ3n) is 4.95. The molecule has 5 rings (SSSR count). The lowest BCUT2D eigenvalue weighted by molar-refractivity contribution is 0.251. The van der Waals surface area contributed by atoms with Crippen LogP contribution in [-0.4, -0.2) is 20.4 Å². The molecule has 2 aromatic heterocycles. The van der Waals surface area contributed by atoms with Crippen molar-refractivity contribution in [3.05, 3.63) is 88.1 Å². The van der Waals surface area contributed by atoms with Crippen molar-refractivity contribution in [3.63, 3.8) is 0 Å². The van der Waals surface area contributed by atoms with Crippen LogP contribution in [0.15, 0.2) is 65.7 Å². The Balaban J connectivity index is 1.36. The number of urea groups is 1. The Bertz CT molecular complexity index is 1260. The number of hydrogen-bond acceptors (Lipinski definition) is 3. The minimum atomic E-state index is -0.260. The number of aromatic nitrogens is 3. The van der Waals surface area contributed by atoms with E-state index < -0.39 is 0 Å². The number of amides is 2. The van der Waals surface area contributed by atoms with Gasteiger partial charge in [0.15, 0.2) is 0 Å². The van der Waals surface area contributed by atoms with Gasteiger partial charge in [-0.3, -0.25) is 9.20 Å². The first-order chi connectivity index (χ1) is 13.7. The fourth-order valence-corrected chi connectivity index (χ4v) is 3.64. The van der Waals surface area contributed by atoms with Crippen LogP contribution in [-0.2, 0) is 13.0 Å². The molecule has 0 unspecified atom stereocenters. The molecule has 0 atom stereocenters. The van der Waals surface area contributed by atoms with Gasteiger partial charge in [0.1, 0.15) is 0 Å². The number of anilines is 1. The van der Waals surface area contributed by atoms with Crippen LogP contribution in [0.3, 0.4) is 0 Å². The minimum Gasteiger partial charge on any atom is -0.334 e. The van der Waals surface area contributed by atoms with Crippen molar-refractivity contribution in [1.29, 1.82) is 0 Å². The van der Waals surface area contributed by atoms with Gasteiger partial charge in [-0.25, -0.2) is 9.78 Å². The molecule has 7 nitrogen and oxygen atoms in total. The maximum absolute atomic E-state index is 12.2. The van der Waals surface area contributed by atoms with Crippen LogP contribution in [0.5, 0.6) is 0 Å². The van der Waals surface area contributed by atoms with E-state index in [2.05, 4.69) is 20.6 Å². The van der Waals surface area contributed by atoms with Crippen molar-refractivity contribution in [2.45, 2.75) is 13.0 Å². The van der Waals surface area contributed by atoms with Gasteiger partial charge in [-0.05, 0) is 23.3 Å². The summed E-state index contributed by atoms with van der Waals surface area (Å²) in [6.45, 7) is 0.461. The molecule has 28 heavy (non-hydrogen) atoms. The van der Waals surface area contributed by atoms with Gasteiger partial charge < -0.3 is 15.6 Å². The summed E-state index contributed by atoms with van der Waals surface area (Å²) in [5, 5.41) is 5.72. The highest BCUT2D eigenvalue weighted by Crippen LogP contribution is 2.35. The van der Waals surface area contributed by atoms with Crippen LogP contribution in [0, 0.1) is 0 Å². The van der Waals surface area contributed by atoms with Gasteiger partial charge in [0.2, 0.25) is 5.65 Å². The molecule has 7 heteroatoms. The Morgan fingerprint density at radius 1 is 1.18 bits per heavy atom. The highest BCUT2D eigenvalue weighted by atomic mass is 16.2. The van der Waals surface area contributed by atoms with Crippen molar-refractivity contribution >= 4 is 17.4 Å². The van der Waals surface area contributed by atoms with Gasteiger partial charge in [-0.2, -0.15) is 0 Å². The number of nitrogens with zero attached hydrogens (tertiary/aromatic N) is 2. The number of fused-ring (bicyclic) bond motifs is 5. The molecule has 2 amide bonds. The van der Waals surface area contributed by atoms with Crippen molar-refractivity contribution < 1.29 is 4.79 Å². The third-order valence-corrected chi connectivity index (χ3v) is 4.95. The van der Waals surface area contributed by atoms with E-state index in [1.807, 2.05) is 52.9 Å². The molecule has 1 aliphatic rings. The zero-order valence-electron chi connectivity index (χ0n) is 14.9. The molecule has 2 aromatic carbocycles. The van der Waals surface area contributed by atoms with E-state index in [1.165, 1.54) is 0 Å². The number of rotatable bonds is 3. The second-order valence-corrected chi connectivity index (χ2v) is 6.74. The zero-order chi connectivity index (χ0) is 19.1. The number of carbonyl (C=O) groups excluding carboxylic acids is 1. The molecular formula is C21H17N5O2. The number of aromatic amines is 1. The largest absolute Gasteiger partial charge is 0.334 e. The molecule has 3 N–H and O–H groups in total. The van der Waals surface area contributed by atoms with Crippen LogP contribution >= 0.6 is 0 Å². The van der Waals surface area contributed by atoms with E-state index in [0.29, 0.717) is 24.3 Å². The van der Waals surface area contributed by atoms with Gasteiger partial charge in [0.05, 0.1) is 11.4 Å². The topological polar surface area (TPSA) is 91.3 Å². The molecule has 138 valence electrons. The van der Waals surface area contributed by atoms with Crippen molar-refractivity contribution in [3.8, 4) is 11.3 Å². The molecule has 0 saturated carbocycles. The lowest BCUT2D eigenvalue weighted by Gasteiger charge is -2.09. The predicted octanol–water partition coefficient (Wildman–Crippen LogP) is 2.92. The summed E-state index contributed by atoms with van der Waals surface area (Å²) in [5.74, 6) is 0. The zero-order valence-corrected chi connectivity index (χ0v) is 14.9. The lowest BCUT2D eigenvalue weighted by Crippen LogP contribution is -2.28. The average Bonchev–Trinajstić information content (AvgIpc) is 3.32. The van der Waals surface area contributed by atoms with Crippen LogP contribution in [0.4, 0.5) is 10.5 Å². The Hall–Kier alpha value is -3.87.